The highest BCUT2D eigenvalue weighted by molar-refractivity contribution is 9.10. The number of hydrogen-bond donors (Lipinski definition) is 0. The van der Waals surface area contributed by atoms with Crippen LogP contribution in [0.25, 0.3) is 0 Å². The Morgan fingerprint density at radius 2 is 2.19 bits per heavy atom. The molecule has 0 saturated carbocycles. The zero-order chi connectivity index (χ0) is 11.7. The summed E-state index contributed by atoms with van der Waals surface area (Å²) in [7, 11) is 0. The van der Waals surface area contributed by atoms with E-state index in [0.29, 0.717) is 6.54 Å². The Kier molecular flexibility index (Phi) is 3.25. The third-order valence-corrected chi connectivity index (χ3v) is 3.95. The van der Waals surface area contributed by atoms with E-state index in [1.54, 1.807) is 22.0 Å². The van der Waals surface area contributed by atoms with E-state index in [9.17, 15) is 4.79 Å². The fraction of sp³-hybridized carbons (Fsp3) is 0.273. The minimum atomic E-state index is 0.00882. The van der Waals surface area contributed by atoms with E-state index in [1.807, 2.05) is 25.3 Å². The third-order valence-electron chi connectivity index (χ3n) is 2.26. The molecule has 0 aliphatic heterocycles. The monoisotopic (exact) mass is 298 g/mol. The molecule has 2 aromatic heterocycles. The molecule has 0 unspecified atom stereocenters. The minimum Gasteiger partial charge on any atom is -0.292 e. The molecule has 84 valence electrons. The van der Waals surface area contributed by atoms with Crippen molar-refractivity contribution in [3.8, 4) is 0 Å². The first-order chi connectivity index (χ1) is 7.56. The Hall–Kier alpha value is -0.940. The number of aromatic nitrogens is 2. The summed E-state index contributed by atoms with van der Waals surface area (Å²) in [6, 6.07) is 3.59. The Morgan fingerprint density at radius 3 is 2.75 bits per heavy atom. The summed E-state index contributed by atoms with van der Waals surface area (Å²) in [5.74, 6) is 0.759. The molecule has 0 atom stereocenters. The van der Waals surface area contributed by atoms with E-state index >= 15 is 0 Å². The maximum atomic E-state index is 11.8. The van der Waals surface area contributed by atoms with E-state index in [0.717, 1.165) is 20.9 Å². The van der Waals surface area contributed by atoms with Crippen molar-refractivity contribution in [2.75, 3.05) is 0 Å². The molecule has 0 aliphatic rings. The molecule has 0 bridgehead atoms. The quantitative estimate of drug-likeness (QED) is 0.854. The maximum absolute atomic E-state index is 11.8. The maximum Gasteiger partial charge on any atom is 0.254 e. The van der Waals surface area contributed by atoms with Crippen LogP contribution < -0.4 is 5.56 Å². The van der Waals surface area contributed by atoms with Gasteiger partial charge < -0.3 is 0 Å². The average Bonchev–Trinajstić information content (AvgIpc) is 2.58. The average molecular weight is 299 g/mol. The van der Waals surface area contributed by atoms with Gasteiger partial charge in [-0.2, -0.15) is 0 Å². The molecule has 0 radical (unpaired) electrons. The summed E-state index contributed by atoms with van der Waals surface area (Å²) < 4.78 is 2.74. The molecule has 2 aromatic rings. The highest BCUT2D eigenvalue weighted by Gasteiger charge is 2.05. The Morgan fingerprint density at radius 1 is 1.44 bits per heavy atom. The summed E-state index contributed by atoms with van der Waals surface area (Å²) in [5, 5.41) is 2.01. The lowest BCUT2D eigenvalue weighted by Crippen LogP contribution is -2.23. The molecule has 2 rings (SSSR count). The molecule has 3 nitrogen and oxygen atoms in total. The van der Waals surface area contributed by atoms with E-state index in [1.165, 1.54) is 0 Å². The lowest BCUT2D eigenvalue weighted by molar-refractivity contribution is 0.701. The van der Waals surface area contributed by atoms with Gasteiger partial charge >= 0.3 is 0 Å². The van der Waals surface area contributed by atoms with Crippen LogP contribution in [0, 0.1) is 13.8 Å². The van der Waals surface area contributed by atoms with Gasteiger partial charge in [0, 0.05) is 26.5 Å². The number of nitrogens with zero attached hydrogens (tertiary/aromatic N) is 2. The van der Waals surface area contributed by atoms with E-state index in [2.05, 4.69) is 20.9 Å². The van der Waals surface area contributed by atoms with Crippen LogP contribution in [0.4, 0.5) is 0 Å². The number of hydrogen-bond acceptors (Lipinski definition) is 3. The van der Waals surface area contributed by atoms with Crippen LogP contribution >= 0.6 is 27.3 Å². The number of thiophene rings is 1. The molecule has 0 spiro atoms. The Balaban J connectivity index is 2.38. The van der Waals surface area contributed by atoms with Crippen molar-refractivity contribution in [2.45, 2.75) is 20.4 Å². The van der Waals surface area contributed by atoms with Crippen LogP contribution in [-0.4, -0.2) is 9.55 Å². The van der Waals surface area contributed by atoms with Crippen LogP contribution in [-0.2, 0) is 6.54 Å². The van der Waals surface area contributed by atoms with Crippen LogP contribution in [0.3, 0.4) is 0 Å². The molecule has 0 N–H and O–H groups in total. The molecule has 0 aliphatic carbocycles. The lowest BCUT2D eigenvalue weighted by atomic mass is 10.4. The second-order valence-electron chi connectivity index (χ2n) is 3.60. The van der Waals surface area contributed by atoms with Crippen molar-refractivity contribution >= 4 is 27.3 Å². The molecule has 0 saturated heterocycles. The molecular weight excluding hydrogens is 288 g/mol. The van der Waals surface area contributed by atoms with Crippen LogP contribution in [0.1, 0.15) is 16.4 Å². The van der Waals surface area contributed by atoms with Gasteiger partial charge in [0.15, 0.2) is 0 Å². The predicted octanol–water partition coefficient (Wildman–Crippen LogP) is 2.73. The van der Waals surface area contributed by atoms with Crippen molar-refractivity contribution in [1.82, 2.24) is 9.55 Å². The fourth-order valence-corrected chi connectivity index (χ4v) is 2.99. The van der Waals surface area contributed by atoms with E-state index in [4.69, 9.17) is 0 Å². The summed E-state index contributed by atoms with van der Waals surface area (Å²) in [6.07, 6.45) is 0. The van der Waals surface area contributed by atoms with E-state index < -0.39 is 0 Å². The van der Waals surface area contributed by atoms with Gasteiger partial charge in [0.25, 0.3) is 5.56 Å². The van der Waals surface area contributed by atoms with Gasteiger partial charge in [-0.1, -0.05) is 0 Å². The van der Waals surface area contributed by atoms with Gasteiger partial charge in [-0.15, -0.1) is 11.3 Å². The van der Waals surface area contributed by atoms with Crippen molar-refractivity contribution in [2.24, 2.45) is 0 Å². The van der Waals surface area contributed by atoms with Gasteiger partial charge in [0.2, 0.25) is 0 Å². The lowest BCUT2D eigenvalue weighted by Gasteiger charge is -2.07. The molecule has 5 heteroatoms. The normalized spacial score (nSPS) is 10.7. The van der Waals surface area contributed by atoms with Crippen LogP contribution in [0.2, 0.25) is 0 Å². The highest BCUT2D eigenvalue weighted by atomic mass is 79.9. The van der Waals surface area contributed by atoms with E-state index in [-0.39, 0.29) is 5.56 Å². The summed E-state index contributed by atoms with van der Waals surface area (Å²) in [4.78, 5) is 17.2. The van der Waals surface area contributed by atoms with Gasteiger partial charge in [0.05, 0.1) is 6.54 Å². The number of halogens is 1. The summed E-state index contributed by atoms with van der Waals surface area (Å²) in [6.45, 7) is 4.28. The molecule has 0 amide bonds. The zero-order valence-electron chi connectivity index (χ0n) is 9.03. The summed E-state index contributed by atoms with van der Waals surface area (Å²) >= 11 is 5.03. The fourth-order valence-electron chi connectivity index (χ4n) is 1.55. The van der Waals surface area contributed by atoms with Crippen LogP contribution in [0.5, 0.6) is 0 Å². The van der Waals surface area contributed by atoms with Gasteiger partial charge in [0.1, 0.15) is 5.82 Å². The molecule has 16 heavy (non-hydrogen) atoms. The topological polar surface area (TPSA) is 34.9 Å². The highest BCUT2D eigenvalue weighted by Crippen LogP contribution is 2.20. The SMILES string of the molecule is Cc1cc(=O)n(Cc2cc(Br)cs2)c(C)n1. The van der Waals surface area contributed by atoms with Crippen molar-refractivity contribution in [1.29, 1.82) is 0 Å². The molecular formula is C11H11BrN2OS. The van der Waals surface area contributed by atoms with Gasteiger partial charge in [-0.3, -0.25) is 9.36 Å². The molecule has 0 fully saturated rings. The Bertz CT molecular complexity index is 574. The molecule has 0 aromatic carbocycles. The molecule has 2 heterocycles. The van der Waals surface area contributed by atoms with Crippen molar-refractivity contribution in [3.05, 3.63) is 48.7 Å². The van der Waals surface area contributed by atoms with Crippen molar-refractivity contribution < 1.29 is 0 Å². The van der Waals surface area contributed by atoms with Gasteiger partial charge in [-0.25, -0.2) is 4.98 Å². The smallest absolute Gasteiger partial charge is 0.254 e. The first-order valence-corrected chi connectivity index (χ1v) is 6.51. The second-order valence-corrected chi connectivity index (χ2v) is 5.51. The predicted molar refractivity (Wildman–Crippen MR) is 69.1 cm³/mol. The number of aryl methyl sites for hydroxylation is 2. The standard InChI is InChI=1S/C11H11BrN2OS/c1-7-3-11(15)14(8(2)13-7)5-10-4-9(12)6-16-10/h3-4,6H,5H2,1-2H3. The van der Waals surface area contributed by atoms with Crippen LogP contribution in [0.15, 0.2) is 26.8 Å². The van der Waals surface area contributed by atoms with Crippen molar-refractivity contribution in [3.63, 3.8) is 0 Å². The van der Waals surface area contributed by atoms with Gasteiger partial charge in [-0.05, 0) is 35.8 Å². The largest absolute Gasteiger partial charge is 0.292 e. The number of rotatable bonds is 2. The first kappa shape index (κ1) is 11.5. The second kappa shape index (κ2) is 4.51. The third kappa shape index (κ3) is 2.41. The summed E-state index contributed by atoms with van der Waals surface area (Å²) in [5.41, 5.74) is 0.778. The first-order valence-electron chi connectivity index (χ1n) is 4.84. The Labute approximate surface area is 106 Å². The zero-order valence-corrected chi connectivity index (χ0v) is 11.4. The minimum absolute atomic E-state index is 0.00882.